The van der Waals surface area contributed by atoms with Gasteiger partial charge in [-0.3, -0.25) is 0 Å². The lowest BCUT2D eigenvalue weighted by molar-refractivity contribution is 0.521. The van der Waals surface area contributed by atoms with Crippen molar-refractivity contribution in [2.75, 3.05) is 5.32 Å². The predicted octanol–water partition coefficient (Wildman–Crippen LogP) is 4.59. The van der Waals surface area contributed by atoms with Gasteiger partial charge in [-0.05, 0) is 26.0 Å². The zero-order valence-corrected chi connectivity index (χ0v) is 13.1. The molecule has 0 amide bonds. The van der Waals surface area contributed by atoms with Gasteiger partial charge in [-0.15, -0.1) is 11.3 Å². The second-order valence-corrected chi connectivity index (χ2v) is 5.88. The smallest absolute Gasteiger partial charge is 0.191 e. The van der Waals surface area contributed by atoms with Crippen LogP contribution in [0.2, 0.25) is 0 Å². The van der Waals surface area contributed by atoms with Gasteiger partial charge in [-0.1, -0.05) is 12.1 Å². The molecule has 21 heavy (non-hydrogen) atoms. The van der Waals surface area contributed by atoms with Crippen molar-refractivity contribution in [1.82, 2.24) is 9.97 Å². The molecule has 0 saturated carbocycles. The van der Waals surface area contributed by atoms with Crippen molar-refractivity contribution in [2.24, 2.45) is 0 Å². The minimum Gasteiger partial charge on any atom is -0.449 e. The summed E-state index contributed by atoms with van der Waals surface area (Å²) in [4.78, 5) is 9.89. The third-order valence-corrected chi connectivity index (χ3v) is 4.47. The monoisotopic (exact) mass is 299 g/mol. The highest BCUT2D eigenvalue weighted by molar-refractivity contribution is 7.09. The lowest BCUT2D eigenvalue weighted by Gasteiger charge is -2.14. The first-order chi connectivity index (χ1) is 10.1. The molecular weight excluding hydrogens is 282 g/mol. The summed E-state index contributed by atoms with van der Waals surface area (Å²) in [5, 5.41) is 3.50. The number of oxazole rings is 1. The van der Waals surface area contributed by atoms with Gasteiger partial charge >= 0.3 is 0 Å². The first-order valence-electron chi connectivity index (χ1n) is 6.82. The Morgan fingerprint density at radius 1 is 1.19 bits per heavy atom. The summed E-state index contributed by atoms with van der Waals surface area (Å²) in [5.74, 6) is 0.682. The van der Waals surface area contributed by atoms with E-state index in [0.717, 1.165) is 22.6 Å². The van der Waals surface area contributed by atoms with E-state index in [4.69, 9.17) is 4.42 Å². The molecule has 3 aromatic rings. The van der Waals surface area contributed by atoms with Crippen molar-refractivity contribution >= 4 is 17.0 Å². The van der Waals surface area contributed by atoms with Crippen LogP contribution in [0.15, 0.2) is 40.5 Å². The molecule has 1 N–H and O–H groups in total. The van der Waals surface area contributed by atoms with Crippen LogP contribution in [0.3, 0.4) is 0 Å². The van der Waals surface area contributed by atoms with Crippen molar-refractivity contribution < 1.29 is 4.42 Å². The van der Waals surface area contributed by atoms with Crippen LogP contribution in [-0.4, -0.2) is 9.97 Å². The Bertz CT molecular complexity index is 730. The van der Waals surface area contributed by atoms with Crippen molar-refractivity contribution in [3.05, 3.63) is 52.5 Å². The molecule has 0 radical (unpaired) electrons. The molecule has 0 aliphatic rings. The second-order valence-electron chi connectivity index (χ2n) is 5.00. The minimum atomic E-state index is 0.248. The largest absolute Gasteiger partial charge is 0.449 e. The number of benzene rings is 1. The first-order valence-corrected chi connectivity index (χ1v) is 7.70. The second kappa shape index (κ2) is 5.69. The number of hydrogen-bond acceptors (Lipinski definition) is 5. The number of nitrogens with zero attached hydrogens (tertiary/aromatic N) is 2. The normalized spacial score (nSPS) is 12.3. The average molecular weight is 299 g/mol. The summed E-state index contributed by atoms with van der Waals surface area (Å²) in [6.45, 7) is 6.04. The Hall–Kier alpha value is -2.14. The van der Waals surface area contributed by atoms with Gasteiger partial charge in [0, 0.05) is 23.1 Å². The lowest BCUT2D eigenvalue weighted by Crippen LogP contribution is -2.06. The number of anilines is 1. The Morgan fingerprint density at radius 3 is 2.52 bits per heavy atom. The van der Waals surface area contributed by atoms with Crippen LogP contribution >= 0.6 is 11.3 Å². The quantitative estimate of drug-likeness (QED) is 0.765. The molecule has 0 spiro atoms. The molecule has 5 heteroatoms. The Kier molecular flexibility index (Phi) is 3.75. The number of rotatable bonds is 4. The van der Waals surface area contributed by atoms with Crippen LogP contribution in [0.25, 0.3) is 11.3 Å². The number of nitrogens with one attached hydrogen (secondary N) is 1. The van der Waals surface area contributed by atoms with Gasteiger partial charge in [0.25, 0.3) is 0 Å². The fourth-order valence-corrected chi connectivity index (χ4v) is 3.09. The first kappa shape index (κ1) is 13.8. The maximum Gasteiger partial charge on any atom is 0.191 e. The van der Waals surface area contributed by atoms with E-state index in [1.54, 1.807) is 17.6 Å². The third kappa shape index (κ3) is 2.97. The molecule has 3 rings (SSSR count). The maximum absolute atomic E-state index is 5.24. The van der Waals surface area contributed by atoms with Crippen LogP contribution in [0.1, 0.15) is 29.4 Å². The van der Waals surface area contributed by atoms with E-state index in [1.807, 2.05) is 31.5 Å². The van der Waals surface area contributed by atoms with Gasteiger partial charge in [-0.25, -0.2) is 9.97 Å². The predicted molar refractivity (Wildman–Crippen MR) is 85.6 cm³/mol. The molecule has 0 bridgehead atoms. The van der Waals surface area contributed by atoms with E-state index in [0.29, 0.717) is 5.89 Å². The van der Waals surface area contributed by atoms with E-state index in [1.165, 1.54) is 4.88 Å². The molecule has 0 fully saturated rings. The summed E-state index contributed by atoms with van der Waals surface area (Å²) >= 11 is 1.68. The highest BCUT2D eigenvalue weighted by atomic mass is 32.1. The summed E-state index contributed by atoms with van der Waals surface area (Å²) in [7, 11) is 0. The van der Waals surface area contributed by atoms with Gasteiger partial charge in [-0.2, -0.15) is 0 Å². The van der Waals surface area contributed by atoms with Gasteiger partial charge in [0.05, 0.1) is 17.2 Å². The molecule has 0 aliphatic carbocycles. The molecule has 0 saturated heterocycles. The van der Waals surface area contributed by atoms with Crippen molar-refractivity contribution in [1.29, 1.82) is 0 Å². The molecule has 2 heterocycles. The zero-order chi connectivity index (χ0) is 14.8. The summed E-state index contributed by atoms with van der Waals surface area (Å²) in [6.07, 6.45) is 1.68. The molecule has 1 atom stereocenters. The van der Waals surface area contributed by atoms with Crippen molar-refractivity contribution in [3.63, 3.8) is 0 Å². The molecule has 2 aromatic heterocycles. The number of aryl methyl sites for hydroxylation is 2. The van der Waals surface area contributed by atoms with Crippen molar-refractivity contribution in [2.45, 2.75) is 26.8 Å². The maximum atomic E-state index is 5.24. The number of aromatic nitrogens is 2. The molecular formula is C16H17N3OS. The molecule has 1 aromatic carbocycles. The fraction of sp³-hybridized carbons (Fsp3) is 0.250. The number of thiazole rings is 1. The van der Waals surface area contributed by atoms with E-state index >= 15 is 0 Å². The van der Waals surface area contributed by atoms with E-state index < -0.39 is 0 Å². The minimum absolute atomic E-state index is 0.248. The van der Waals surface area contributed by atoms with Crippen LogP contribution in [0.4, 0.5) is 5.69 Å². The van der Waals surface area contributed by atoms with E-state index in [9.17, 15) is 0 Å². The SMILES string of the molecule is Cc1nc(-c2ccc(NC(C)c3scnc3C)cc2)co1. The standard InChI is InChI=1S/C16H17N3OS/c1-10-16(21-9-17-10)11(2)18-14-6-4-13(5-7-14)15-8-20-12(3)19-15/h4-9,11,18H,1-3H3. The topological polar surface area (TPSA) is 51.0 Å². The van der Waals surface area contributed by atoms with Crippen LogP contribution in [0.5, 0.6) is 0 Å². The summed E-state index contributed by atoms with van der Waals surface area (Å²) in [6, 6.07) is 8.47. The van der Waals surface area contributed by atoms with E-state index in [-0.39, 0.29) is 6.04 Å². The summed E-state index contributed by atoms with van der Waals surface area (Å²) < 4.78 is 5.24. The third-order valence-electron chi connectivity index (χ3n) is 3.36. The van der Waals surface area contributed by atoms with Gasteiger partial charge in [0.15, 0.2) is 5.89 Å². The highest BCUT2D eigenvalue weighted by Crippen LogP contribution is 2.26. The van der Waals surface area contributed by atoms with Gasteiger partial charge in [0.1, 0.15) is 12.0 Å². The van der Waals surface area contributed by atoms with Crippen LogP contribution < -0.4 is 5.32 Å². The highest BCUT2D eigenvalue weighted by Gasteiger charge is 2.11. The van der Waals surface area contributed by atoms with Crippen LogP contribution in [-0.2, 0) is 0 Å². The van der Waals surface area contributed by atoms with Gasteiger partial charge < -0.3 is 9.73 Å². The lowest BCUT2D eigenvalue weighted by atomic mass is 10.1. The van der Waals surface area contributed by atoms with E-state index in [2.05, 4.69) is 34.3 Å². The Balaban J connectivity index is 1.74. The number of hydrogen-bond donors (Lipinski definition) is 1. The average Bonchev–Trinajstić information content (AvgIpc) is 3.08. The van der Waals surface area contributed by atoms with Crippen molar-refractivity contribution in [3.8, 4) is 11.3 Å². The van der Waals surface area contributed by atoms with Crippen LogP contribution in [0, 0.1) is 13.8 Å². The molecule has 4 nitrogen and oxygen atoms in total. The molecule has 108 valence electrons. The fourth-order valence-electron chi connectivity index (χ4n) is 2.28. The zero-order valence-electron chi connectivity index (χ0n) is 12.3. The Labute approximate surface area is 127 Å². The molecule has 1 unspecified atom stereocenters. The summed E-state index contributed by atoms with van der Waals surface area (Å²) in [5.41, 5.74) is 5.98. The Morgan fingerprint density at radius 2 is 1.95 bits per heavy atom. The van der Waals surface area contributed by atoms with Gasteiger partial charge in [0.2, 0.25) is 0 Å². The molecule has 0 aliphatic heterocycles.